The van der Waals surface area contributed by atoms with Gasteiger partial charge in [-0.2, -0.15) is 4.31 Å². The number of ether oxygens (including phenoxy) is 1. The van der Waals surface area contributed by atoms with Gasteiger partial charge in [0.25, 0.3) is 5.91 Å². The molecule has 2 rings (SSSR count). The molecule has 0 aromatic heterocycles. The van der Waals surface area contributed by atoms with Crippen LogP contribution in [-0.2, 0) is 14.8 Å². The number of amides is 1. The van der Waals surface area contributed by atoms with Crippen molar-refractivity contribution < 1.29 is 17.9 Å². The lowest BCUT2D eigenvalue weighted by molar-refractivity contribution is -0.116. The zero-order chi connectivity index (χ0) is 24.6. The first-order valence-electron chi connectivity index (χ1n) is 11.2. The Balaban J connectivity index is 2.33. The minimum atomic E-state index is -3.73. The number of carbonyl (C=O) groups is 1. The second-order valence-corrected chi connectivity index (χ2v) is 9.82. The minimum Gasteiger partial charge on any atom is -0.493 e. The third-order valence-electron chi connectivity index (χ3n) is 5.33. The van der Waals surface area contributed by atoms with E-state index in [1.165, 1.54) is 22.5 Å². The van der Waals surface area contributed by atoms with Gasteiger partial charge in [0.2, 0.25) is 10.0 Å². The van der Waals surface area contributed by atoms with Crippen molar-refractivity contribution in [1.82, 2.24) is 14.9 Å². The lowest BCUT2D eigenvalue weighted by atomic mass is 10.1. The van der Waals surface area contributed by atoms with Crippen LogP contribution < -0.4 is 15.4 Å². The van der Waals surface area contributed by atoms with Crippen LogP contribution in [0.4, 0.5) is 0 Å². The first-order chi connectivity index (χ1) is 15.6. The molecule has 182 valence electrons. The summed E-state index contributed by atoms with van der Waals surface area (Å²) in [5.41, 5.74) is 2.10. The van der Waals surface area contributed by atoms with Crippen LogP contribution >= 0.6 is 0 Å². The van der Waals surface area contributed by atoms with Gasteiger partial charge in [0.1, 0.15) is 11.6 Å². The first-order valence-corrected chi connectivity index (χ1v) is 12.6. The molecule has 33 heavy (non-hydrogen) atoms. The van der Waals surface area contributed by atoms with Crippen LogP contribution in [0.15, 0.2) is 39.4 Å². The van der Waals surface area contributed by atoms with Gasteiger partial charge in [-0.1, -0.05) is 13.3 Å². The number of sulfonamides is 1. The average Bonchev–Trinajstić information content (AvgIpc) is 2.79. The van der Waals surface area contributed by atoms with Gasteiger partial charge in [0, 0.05) is 43.2 Å². The third-order valence-corrected chi connectivity index (χ3v) is 7.22. The molecule has 1 aromatic rings. The fourth-order valence-corrected chi connectivity index (χ4v) is 4.88. The van der Waals surface area contributed by atoms with Crippen LogP contribution in [0.2, 0.25) is 0 Å². The van der Waals surface area contributed by atoms with Crippen molar-refractivity contribution >= 4 is 27.5 Å². The molecule has 10 heteroatoms. The topological polar surface area (TPSA) is 124 Å². The molecule has 9 nitrogen and oxygen atoms in total. The summed E-state index contributed by atoms with van der Waals surface area (Å²) in [7, 11) is -3.73. The number of hydrogen-bond acceptors (Lipinski definition) is 7. The highest BCUT2D eigenvalue weighted by atomic mass is 32.2. The van der Waals surface area contributed by atoms with Crippen molar-refractivity contribution in [3.63, 3.8) is 0 Å². The van der Waals surface area contributed by atoms with Gasteiger partial charge in [-0.15, -0.1) is 0 Å². The fraction of sp³-hybridized carbons (Fsp3) is 0.522. The lowest BCUT2D eigenvalue weighted by Crippen LogP contribution is -2.46. The van der Waals surface area contributed by atoms with Crippen LogP contribution in [0, 0.1) is 5.41 Å². The van der Waals surface area contributed by atoms with Crippen LogP contribution in [0.3, 0.4) is 0 Å². The van der Waals surface area contributed by atoms with Crippen LogP contribution in [-0.4, -0.2) is 63.0 Å². The zero-order valence-electron chi connectivity index (χ0n) is 20.1. The van der Waals surface area contributed by atoms with Crippen molar-refractivity contribution in [3.05, 3.63) is 35.0 Å². The summed E-state index contributed by atoms with van der Waals surface area (Å²) in [6.07, 6.45) is 1.81. The molecule has 1 amide bonds. The van der Waals surface area contributed by atoms with E-state index >= 15 is 0 Å². The number of nitrogens with one attached hydrogen (secondary N) is 3. The van der Waals surface area contributed by atoms with Gasteiger partial charge in [0.15, 0.2) is 0 Å². The van der Waals surface area contributed by atoms with Crippen molar-refractivity contribution in [2.45, 2.75) is 52.4 Å². The molecule has 0 radical (unpaired) electrons. The third kappa shape index (κ3) is 6.96. The highest BCUT2D eigenvalue weighted by molar-refractivity contribution is 7.89. The molecule has 0 spiro atoms. The van der Waals surface area contributed by atoms with E-state index in [-0.39, 0.29) is 16.3 Å². The zero-order valence-corrected chi connectivity index (χ0v) is 20.9. The summed E-state index contributed by atoms with van der Waals surface area (Å²) in [5, 5.41) is 14.2. The summed E-state index contributed by atoms with van der Waals surface area (Å²) in [6, 6.07) is 4.39. The summed E-state index contributed by atoms with van der Waals surface area (Å²) >= 11 is 0. The summed E-state index contributed by atoms with van der Waals surface area (Å²) < 4.78 is 33.2. The van der Waals surface area contributed by atoms with Gasteiger partial charge in [-0.3, -0.25) is 15.2 Å². The molecule has 1 heterocycles. The Morgan fingerprint density at radius 1 is 1.21 bits per heavy atom. The number of nitrogens with zero attached hydrogens (tertiary/aromatic N) is 2. The Kier molecular flexibility index (Phi) is 9.75. The normalized spacial score (nSPS) is 16.2. The molecule has 1 aromatic carbocycles. The fourth-order valence-electron chi connectivity index (χ4n) is 3.41. The van der Waals surface area contributed by atoms with E-state index < -0.39 is 15.9 Å². The molecule has 0 bridgehead atoms. The van der Waals surface area contributed by atoms with Crippen LogP contribution in [0.5, 0.6) is 5.75 Å². The quantitative estimate of drug-likeness (QED) is 0.287. The maximum atomic E-state index is 13.1. The van der Waals surface area contributed by atoms with Gasteiger partial charge in [-0.25, -0.2) is 8.42 Å². The second kappa shape index (κ2) is 12.1. The van der Waals surface area contributed by atoms with E-state index in [1.54, 1.807) is 20.8 Å². The maximum absolute atomic E-state index is 13.1. The predicted octanol–water partition coefficient (Wildman–Crippen LogP) is 2.68. The summed E-state index contributed by atoms with van der Waals surface area (Å²) in [5.74, 6) is -0.372. The predicted molar refractivity (Wildman–Crippen MR) is 131 cm³/mol. The van der Waals surface area contributed by atoms with Gasteiger partial charge in [0.05, 0.1) is 17.1 Å². The number of piperazine rings is 1. The first kappa shape index (κ1) is 26.7. The van der Waals surface area contributed by atoms with Crippen molar-refractivity contribution in [2.75, 3.05) is 32.8 Å². The SMILES string of the molecule is CCCC(C)=N/C(C)=C(\C)C(=O)NC(=N)c1cc(S(=O)(=O)N2CCNCC2)ccc1OCC. The molecular formula is C23H35N5O4S. The van der Waals surface area contributed by atoms with E-state index in [1.807, 2.05) is 6.92 Å². The number of rotatable bonds is 9. The van der Waals surface area contributed by atoms with E-state index in [4.69, 9.17) is 10.1 Å². The van der Waals surface area contributed by atoms with Gasteiger partial charge in [-0.05, 0) is 52.3 Å². The Bertz CT molecular complexity index is 1040. The summed E-state index contributed by atoms with van der Waals surface area (Å²) in [6.45, 7) is 11.4. The largest absolute Gasteiger partial charge is 0.493 e. The number of benzene rings is 1. The Morgan fingerprint density at radius 3 is 2.48 bits per heavy atom. The molecule has 1 saturated heterocycles. The molecule has 1 aliphatic rings. The molecule has 0 saturated carbocycles. The second-order valence-electron chi connectivity index (χ2n) is 7.88. The number of allylic oxidation sites excluding steroid dienone is 1. The van der Waals surface area contributed by atoms with Gasteiger partial charge < -0.3 is 15.4 Å². The molecule has 0 atom stereocenters. The monoisotopic (exact) mass is 477 g/mol. The standard InChI is InChI=1S/C23H35N5O4S/c1-6-8-16(3)26-18(5)17(4)23(29)27-22(24)20-15-19(9-10-21(20)32-7-2)33(30,31)28-13-11-25-12-14-28/h9-10,15,25H,6-8,11-14H2,1-5H3,(H2,24,27,29)/b18-17+,26-16?. The van der Waals surface area contributed by atoms with E-state index in [9.17, 15) is 13.2 Å². The van der Waals surface area contributed by atoms with Crippen molar-refractivity contribution in [2.24, 2.45) is 4.99 Å². The van der Waals surface area contributed by atoms with E-state index in [2.05, 4.69) is 22.5 Å². The Morgan fingerprint density at radius 2 is 1.88 bits per heavy atom. The number of carbonyl (C=O) groups excluding carboxylic acids is 1. The number of hydrogen-bond donors (Lipinski definition) is 3. The Hall–Kier alpha value is -2.56. The molecule has 0 aliphatic carbocycles. The minimum absolute atomic E-state index is 0.0603. The lowest BCUT2D eigenvalue weighted by Gasteiger charge is -2.27. The maximum Gasteiger partial charge on any atom is 0.254 e. The van der Waals surface area contributed by atoms with E-state index in [0.29, 0.717) is 49.8 Å². The smallest absolute Gasteiger partial charge is 0.254 e. The Labute approximate surface area is 196 Å². The molecule has 3 N–H and O–H groups in total. The van der Waals surface area contributed by atoms with Crippen molar-refractivity contribution in [3.8, 4) is 5.75 Å². The highest BCUT2D eigenvalue weighted by Gasteiger charge is 2.27. The summed E-state index contributed by atoms with van der Waals surface area (Å²) in [4.78, 5) is 17.3. The van der Waals surface area contributed by atoms with Crippen LogP contribution in [0.1, 0.15) is 53.0 Å². The van der Waals surface area contributed by atoms with E-state index in [0.717, 1.165) is 18.6 Å². The molecule has 0 unspecified atom stereocenters. The molecular weight excluding hydrogens is 442 g/mol. The highest BCUT2D eigenvalue weighted by Crippen LogP contribution is 2.25. The molecule has 1 aliphatic heterocycles. The molecule has 1 fully saturated rings. The number of amidine groups is 1. The number of aliphatic imine (C=N–C) groups is 1. The van der Waals surface area contributed by atoms with Crippen LogP contribution in [0.25, 0.3) is 0 Å². The van der Waals surface area contributed by atoms with Gasteiger partial charge >= 0.3 is 0 Å². The average molecular weight is 478 g/mol. The van der Waals surface area contributed by atoms with Crippen molar-refractivity contribution in [1.29, 1.82) is 5.41 Å².